The van der Waals surface area contributed by atoms with Crippen molar-refractivity contribution >= 4 is 55.2 Å². The normalized spacial score (nSPS) is 15.9. The molecule has 2 N–H and O–H groups in total. The number of thiophene rings is 1. The third-order valence-electron chi connectivity index (χ3n) is 4.36. The molecule has 0 spiro atoms. The monoisotopic (exact) mass is 460 g/mol. The topological polar surface area (TPSA) is 100 Å². The van der Waals surface area contributed by atoms with Gasteiger partial charge in [0.25, 0.3) is 5.91 Å². The Hall–Kier alpha value is -2.59. The minimum atomic E-state index is -0.867. The SMILES string of the molecule is CC1(C)NC(=O)N(CCNc2ncc(Br)c(-c3cc4ccncc4s3)n2)C1=O. The van der Waals surface area contributed by atoms with Gasteiger partial charge in [-0.05, 0) is 47.3 Å². The minimum Gasteiger partial charge on any atom is -0.352 e. The summed E-state index contributed by atoms with van der Waals surface area (Å²) in [6.45, 7) is 3.96. The lowest BCUT2D eigenvalue weighted by atomic mass is 10.1. The first-order valence-corrected chi connectivity index (χ1v) is 10.2. The number of hydrogen-bond donors (Lipinski definition) is 2. The van der Waals surface area contributed by atoms with Crippen LogP contribution in [-0.2, 0) is 4.79 Å². The second-order valence-electron chi connectivity index (χ2n) is 6.85. The van der Waals surface area contributed by atoms with Gasteiger partial charge in [0.05, 0.1) is 14.0 Å². The van der Waals surface area contributed by atoms with E-state index >= 15 is 0 Å². The standard InChI is InChI=1S/C18H17BrN6O2S/c1-18(2)15(26)25(17(27)24-18)6-5-21-16-22-8-11(19)14(23-16)12-7-10-3-4-20-9-13(10)28-12/h3-4,7-9H,5-6H2,1-2H3,(H,24,27)(H,21,22,23). The lowest BCUT2D eigenvalue weighted by Gasteiger charge is -2.16. The number of halogens is 1. The molecule has 0 atom stereocenters. The smallest absolute Gasteiger partial charge is 0.325 e. The van der Waals surface area contributed by atoms with Gasteiger partial charge < -0.3 is 10.6 Å². The van der Waals surface area contributed by atoms with Crippen molar-refractivity contribution in [3.05, 3.63) is 35.2 Å². The zero-order chi connectivity index (χ0) is 19.9. The van der Waals surface area contributed by atoms with Crippen molar-refractivity contribution in [2.45, 2.75) is 19.4 Å². The molecular weight excluding hydrogens is 444 g/mol. The number of amides is 3. The number of rotatable bonds is 5. The van der Waals surface area contributed by atoms with Gasteiger partial charge in [-0.25, -0.2) is 14.8 Å². The van der Waals surface area contributed by atoms with E-state index in [0.29, 0.717) is 12.5 Å². The summed E-state index contributed by atoms with van der Waals surface area (Å²) in [5.74, 6) is 0.190. The predicted octanol–water partition coefficient (Wildman–Crippen LogP) is 3.26. The van der Waals surface area contributed by atoms with E-state index in [9.17, 15) is 9.59 Å². The fraction of sp³-hybridized carbons (Fsp3) is 0.278. The Kier molecular flexibility index (Phi) is 4.76. The number of imide groups is 1. The van der Waals surface area contributed by atoms with Crippen LogP contribution in [0.1, 0.15) is 13.8 Å². The van der Waals surface area contributed by atoms with E-state index in [1.165, 1.54) is 4.90 Å². The Bertz CT molecular complexity index is 1050. The highest BCUT2D eigenvalue weighted by atomic mass is 79.9. The summed E-state index contributed by atoms with van der Waals surface area (Å²) < 4.78 is 1.87. The Morgan fingerprint density at radius 3 is 2.86 bits per heavy atom. The third-order valence-corrected chi connectivity index (χ3v) is 6.04. The summed E-state index contributed by atoms with van der Waals surface area (Å²) in [5, 5.41) is 6.85. The lowest BCUT2D eigenvalue weighted by molar-refractivity contribution is -0.130. The largest absolute Gasteiger partial charge is 0.352 e. The summed E-state index contributed by atoms with van der Waals surface area (Å²) in [7, 11) is 0. The van der Waals surface area contributed by atoms with Crippen LogP contribution in [0.25, 0.3) is 20.7 Å². The first kappa shape index (κ1) is 18.8. The van der Waals surface area contributed by atoms with E-state index < -0.39 is 5.54 Å². The van der Waals surface area contributed by atoms with E-state index in [4.69, 9.17) is 0 Å². The average molecular weight is 461 g/mol. The number of pyridine rings is 1. The Balaban J connectivity index is 1.48. The van der Waals surface area contributed by atoms with Crippen molar-refractivity contribution < 1.29 is 9.59 Å². The van der Waals surface area contributed by atoms with Crippen molar-refractivity contribution in [3.8, 4) is 10.6 Å². The van der Waals surface area contributed by atoms with E-state index in [1.807, 2.05) is 12.3 Å². The quantitative estimate of drug-likeness (QED) is 0.566. The molecule has 10 heteroatoms. The molecule has 1 aliphatic heterocycles. The van der Waals surface area contributed by atoms with Crippen LogP contribution in [0, 0.1) is 0 Å². The molecule has 0 unspecified atom stereocenters. The molecule has 1 saturated heterocycles. The third kappa shape index (κ3) is 3.45. The highest BCUT2D eigenvalue weighted by Gasteiger charge is 2.43. The molecule has 28 heavy (non-hydrogen) atoms. The van der Waals surface area contributed by atoms with Gasteiger partial charge >= 0.3 is 6.03 Å². The zero-order valence-corrected chi connectivity index (χ0v) is 17.6. The maximum absolute atomic E-state index is 12.2. The van der Waals surface area contributed by atoms with Crippen molar-refractivity contribution in [3.63, 3.8) is 0 Å². The molecule has 144 valence electrons. The summed E-state index contributed by atoms with van der Waals surface area (Å²) >= 11 is 5.11. The highest BCUT2D eigenvalue weighted by molar-refractivity contribution is 9.10. The molecule has 4 rings (SSSR count). The summed E-state index contributed by atoms with van der Waals surface area (Å²) in [6.07, 6.45) is 5.28. The summed E-state index contributed by atoms with van der Waals surface area (Å²) in [4.78, 5) is 39.4. The number of fused-ring (bicyclic) bond motifs is 1. The molecule has 0 aliphatic carbocycles. The fourth-order valence-corrected chi connectivity index (χ4v) is 4.50. The number of carbonyl (C=O) groups is 2. The lowest BCUT2D eigenvalue weighted by Crippen LogP contribution is -2.40. The van der Waals surface area contributed by atoms with Gasteiger partial charge in [0.1, 0.15) is 11.2 Å². The van der Waals surface area contributed by atoms with Crippen molar-refractivity contribution in [2.75, 3.05) is 18.4 Å². The van der Waals surface area contributed by atoms with Gasteiger partial charge in [0.15, 0.2) is 0 Å². The Morgan fingerprint density at radius 1 is 1.32 bits per heavy atom. The van der Waals surface area contributed by atoms with Crippen molar-refractivity contribution in [1.82, 2.24) is 25.2 Å². The average Bonchev–Trinajstić information content (AvgIpc) is 3.16. The first-order valence-electron chi connectivity index (χ1n) is 8.59. The number of nitrogens with zero attached hydrogens (tertiary/aromatic N) is 4. The number of anilines is 1. The molecule has 1 aliphatic rings. The second-order valence-corrected chi connectivity index (χ2v) is 8.79. The van der Waals surface area contributed by atoms with Crippen molar-refractivity contribution in [1.29, 1.82) is 0 Å². The van der Waals surface area contributed by atoms with E-state index in [0.717, 1.165) is 25.1 Å². The Morgan fingerprint density at radius 2 is 2.14 bits per heavy atom. The van der Waals surface area contributed by atoms with Gasteiger partial charge in [0.2, 0.25) is 5.95 Å². The van der Waals surface area contributed by atoms with Crippen LogP contribution in [0.4, 0.5) is 10.7 Å². The molecule has 0 bridgehead atoms. The fourth-order valence-electron chi connectivity index (χ4n) is 2.93. The molecule has 8 nitrogen and oxygen atoms in total. The van der Waals surface area contributed by atoms with E-state index in [2.05, 4.69) is 47.6 Å². The predicted molar refractivity (Wildman–Crippen MR) is 111 cm³/mol. The molecule has 3 aromatic rings. The van der Waals surface area contributed by atoms with Crippen LogP contribution in [0.3, 0.4) is 0 Å². The maximum Gasteiger partial charge on any atom is 0.325 e. The number of urea groups is 1. The maximum atomic E-state index is 12.2. The molecule has 1 fully saturated rings. The van der Waals surface area contributed by atoms with E-state index in [-0.39, 0.29) is 18.5 Å². The van der Waals surface area contributed by atoms with Gasteiger partial charge in [-0.2, -0.15) is 0 Å². The second kappa shape index (κ2) is 7.10. The highest BCUT2D eigenvalue weighted by Crippen LogP contribution is 2.35. The van der Waals surface area contributed by atoms with Crippen LogP contribution in [0.2, 0.25) is 0 Å². The van der Waals surface area contributed by atoms with Crippen LogP contribution in [0.5, 0.6) is 0 Å². The van der Waals surface area contributed by atoms with E-state index in [1.54, 1.807) is 37.6 Å². The van der Waals surface area contributed by atoms with Gasteiger partial charge in [-0.15, -0.1) is 11.3 Å². The summed E-state index contributed by atoms with van der Waals surface area (Å²) in [5.41, 5.74) is -0.0937. The van der Waals surface area contributed by atoms with Crippen molar-refractivity contribution in [2.24, 2.45) is 0 Å². The molecule has 0 aromatic carbocycles. The number of nitrogens with one attached hydrogen (secondary N) is 2. The molecule has 3 amide bonds. The van der Waals surface area contributed by atoms with Gasteiger partial charge in [-0.3, -0.25) is 14.7 Å². The molecular formula is C18H17BrN6O2S. The molecule has 3 aromatic heterocycles. The van der Waals surface area contributed by atoms with Gasteiger partial charge in [0, 0.05) is 31.7 Å². The molecule has 4 heterocycles. The first-order chi connectivity index (χ1) is 13.3. The Labute approximate surface area is 173 Å². The minimum absolute atomic E-state index is 0.234. The molecule has 0 radical (unpaired) electrons. The summed E-state index contributed by atoms with van der Waals surface area (Å²) in [6, 6.07) is 3.64. The molecule has 0 saturated carbocycles. The zero-order valence-electron chi connectivity index (χ0n) is 15.2. The van der Waals surface area contributed by atoms with Crippen LogP contribution in [-0.4, -0.2) is 50.4 Å². The van der Waals surface area contributed by atoms with Gasteiger partial charge in [-0.1, -0.05) is 0 Å². The number of carbonyl (C=O) groups excluding carboxylic acids is 2. The van der Waals surface area contributed by atoms with Crippen LogP contribution >= 0.6 is 27.3 Å². The van der Waals surface area contributed by atoms with Crippen LogP contribution in [0.15, 0.2) is 35.2 Å². The van der Waals surface area contributed by atoms with Crippen LogP contribution < -0.4 is 10.6 Å². The number of hydrogen-bond acceptors (Lipinski definition) is 7. The number of aromatic nitrogens is 3.